The molecule has 1 aliphatic rings. The van der Waals surface area contributed by atoms with E-state index in [4.69, 9.17) is 14.5 Å². The van der Waals surface area contributed by atoms with Gasteiger partial charge in [-0.15, -0.1) is 0 Å². The summed E-state index contributed by atoms with van der Waals surface area (Å²) in [5.41, 5.74) is 1.59. The lowest BCUT2D eigenvalue weighted by Gasteiger charge is -2.18. The van der Waals surface area contributed by atoms with E-state index in [0.717, 1.165) is 18.4 Å². The summed E-state index contributed by atoms with van der Waals surface area (Å²) in [5, 5.41) is 0.215. The molecular weight excluding hydrogens is 462 g/mol. The van der Waals surface area contributed by atoms with E-state index in [0.29, 0.717) is 17.9 Å². The van der Waals surface area contributed by atoms with Gasteiger partial charge in [0.05, 0.1) is 30.2 Å². The lowest BCUT2D eigenvalue weighted by molar-refractivity contribution is 0.0521. The molecule has 1 atom stereocenters. The van der Waals surface area contributed by atoms with Crippen LogP contribution in [0.25, 0.3) is 16.7 Å². The highest BCUT2D eigenvalue weighted by Crippen LogP contribution is 2.18. The molecule has 184 valence electrons. The molecule has 1 amide bonds. The van der Waals surface area contributed by atoms with Crippen LogP contribution >= 0.6 is 0 Å². The van der Waals surface area contributed by atoms with Crippen LogP contribution in [0.1, 0.15) is 46.0 Å². The zero-order valence-electron chi connectivity index (χ0n) is 20.0. The van der Waals surface area contributed by atoms with Gasteiger partial charge in [0.15, 0.2) is 5.49 Å². The largest absolute Gasteiger partial charge is 0.462 e. The number of rotatable bonds is 5. The number of fused-ring (bicyclic) bond motifs is 2. The number of aromatic nitrogens is 4. The van der Waals surface area contributed by atoms with Crippen molar-refractivity contribution in [2.24, 2.45) is 4.99 Å². The van der Waals surface area contributed by atoms with Crippen LogP contribution in [0.2, 0.25) is 0 Å². The molecule has 1 aliphatic heterocycles. The Labute approximate surface area is 205 Å². The third-order valence-electron chi connectivity index (χ3n) is 6.13. The minimum Gasteiger partial charge on any atom is -0.462 e. The Morgan fingerprint density at radius 1 is 1.25 bits per heavy atom. The van der Waals surface area contributed by atoms with E-state index in [1.165, 1.54) is 16.7 Å². The molecule has 0 saturated carbocycles. The number of amides is 1. The van der Waals surface area contributed by atoms with Crippen LogP contribution in [0.3, 0.4) is 0 Å². The summed E-state index contributed by atoms with van der Waals surface area (Å²) in [6, 6.07) is 8.27. The first-order chi connectivity index (χ1) is 17.5. The Hall–Kier alpha value is -4.18. The van der Waals surface area contributed by atoms with Crippen molar-refractivity contribution in [1.82, 2.24) is 18.9 Å². The predicted octanol–water partition coefficient (Wildman–Crippen LogP) is 2.45. The van der Waals surface area contributed by atoms with Crippen LogP contribution in [0.5, 0.6) is 0 Å². The van der Waals surface area contributed by atoms with Crippen LogP contribution < -0.4 is 11.0 Å². The van der Waals surface area contributed by atoms with E-state index in [-0.39, 0.29) is 46.8 Å². The van der Waals surface area contributed by atoms with Gasteiger partial charge in [0, 0.05) is 25.2 Å². The fraction of sp³-hybridized carbons (Fsp3) is 0.308. The molecule has 0 radical (unpaired) electrons. The zero-order valence-corrected chi connectivity index (χ0v) is 20.0. The van der Waals surface area contributed by atoms with Crippen LogP contribution in [0.15, 0.2) is 58.7 Å². The highest BCUT2D eigenvalue weighted by molar-refractivity contribution is 5.97. The highest BCUT2D eigenvalue weighted by atomic mass is 16.5. The first-order valence-corrected chi connectivity index (χ1v) is 11.8. The Morgan fingerprint density at radius 3 is 2.83 bits per heavy atom. The van der Waals surface area contributed by atoms with Crippen LogP contribution in [0, 0.1) is 6.92 Å². The van der Waals surface area contributed by atoms with E-state index in [2.05, 4.69) is 9.98 Å². The number of carbonyl (C=O) groups excluding carboxylic acids is 2. The van der Waals surface area contributed by atoms with E-state index in [1.807, 2.05) is 13.0 Å². The molecule has 0 aliphatic carbocycles. The topological polar surface area (TPSA) is 117 Å². The lowest BCUT2D eigenvalue weighted by Crippen LogP contribution is -2.35. The van der Waals surface area contributed by atoms with Crippen molar-refractivity contribution in [2.75, 3.05) is 13.2 Å². The molecule has 0 aromatic carbocycles. The SMILES string of the molecule is CCOC(=O)c1cc2c(=O)n3cccc(C)c3nc2n(CC2CCCO2)c1=NC(=O)c1cccnc1. The second kappa shape index (κ2) is 9.82. The van der Waals surface area contributed by atoms with Gasteiger partial charge in [-0.25, -0.2) is 9.78 Å². The second-order valence-electron chi connectivity index (χ2n) is 8.55. The second-order valence-corrected chi connectivity index (χ2v) is 8.55. The van der Waals surface area contributed by atoms with Gasteiger partial charge in [0.1, 0.15) is 16.9 Å². The summed E-state index contributed by atoms with van der Waals surface area (Å²) >= 11 is 0. The molecule has 5 heterocycles. The third-order valence-corrected chi connectivity index (χ3v) is 6.13. The summed E-state index contributed by atoms with van der Waals surface area (Å²) in [5.74, 6) is -1.27. The number of pyridine rings is 3. The number of aryl methyl sites for hydroxylation is 1. The molecule has 5 rings (SSSR count). The predicted molar refractivity (Wildman–Crippen MR) is 131 cm³/mol. The van der Waals surface area contributed by atoms with Crippen molar-refractivity contribution < 1.29 is 19.1 Å². The van der Waals surface area contributed by atoms with Crippen molar-refractivity contribution in [3.63, 3.8) is 0 Å². The minimum atomic E-state index is -0.688. The third kappa shape index (κ3) is 4.31. The van der Waals surface area contributed by atoms with Gasteiger partial charge in [0.25, 0.3) is 11.5 Å². The summed E-state index contributed by atoms with van der Waals surface area (Å²) in [7, 11) is 0. The van der Waals surface area contributed by atoms with E-state index in [9.17, 15) is 14.4 Å². The highest BCUT2D eigenvalue weighted by Gasteiger charge is 2.24. The Balaban J connectivity index is 1.89. The van der Waals surface area contributed by atoms with Gasteiger partial charge in [-0.05, 0) is 56.5 Å². The normalized spacial score (nSPS) is 16.1. The monoisotopic (exact) mass is 487 g/mol. The van der Waals surface area contributed by atoms with Crippen molar-refractivity contribution in [1.29, 1.82) is 0 Å². The number of hydrogen-bond donors (Lipinski definition) is 0. The molecule has 36 heavy (non-hydrogen) atoms. The number of carbonyl (C=O) groups is 2. The van der Waals surface area contributed by atoms with Gasteiger partial charge in [-0.2, -0.15) is 4.99 Å². The molecule has 4 aromatic rings. The Bertz CT molecular complexity index is 1600. The number of ether oxygens (including phenoxy) is 2. The maximum atomic E-state index is 13.5. The van der Waals surface area contributed by atoms with E-state index >= 15 is 0 Å². The lowest BCUT2D eigenvalue weighted by atomic mass is 10.1. The summed E-state index contributed by atoms with van der Waals surface area (Å²) in [6.07, 6.45) is 6.09. The zero-order chi connectivity index (χ0) is 25.2. The van der Waals surface area contributed by atoms with Crippen LogP contribution in [0.4, 0.5) is 0 Å². The standard InChI is InChI=1S/C26H25N5O5/c1-3-35-26(34)20-13-19-22(28-21-16(2)7-5-11-30(21)25(19)33)31(15-18-9-6-12-36-18)23(20)29-24(32)17-8-4-10-27-14-17/h4-5,7-8,10-11,13-14,18H,3,6,9,12,15H2,1-2H3. The summed E-state index contributed by atoms with van der Waals surface area (Å²) in [4.78, 5) is 52.8. The Kier molecular flexibility index (Phi) is 6.43. The molecule has 0 bridgehead atoms. The molecule has 4 aromatic heterocycles. The van der Waals surface area contributed by atoms with E-state index < -0.39 is 11.9 Å². The summed E-state index contributed by atoms with van der Waals surface area (Å²) in [6.45, 7) is 4.54. The average molecular weight is 488 g/mol. The molecule has 10 heteroatoms. The molecule has 0 N–H and O–H groups in total. The molecular formula is C26H25N5O5. The van der Waals surface area contributed by atoms with Gasteiger partial charge in [-0.1, -0.05) is 6.07 Å². The molecule has 1 unspecified atom stereocenters. The number of hydrogen-bond acceptors (Lipinski definition) is 7. The molecule has 10 nitrogen and oxygen atoms in total. The maximum absolute atomic E-state index is 13.5. The van der Waals surface area contributed by atoms with Crippen molar-refractivity contribution in [3.8, 4) is 0 Å². The first kappa shape index (κ1) is 23.6. The quantitative estimate of drug-likeness (QED) is 0.313. The smallest absolute Gasteiger partial charge is 0.341 e. The first-order valence-electron chi connectivity index (χ1n) is 11.8. The van der Waals surface area contributed by atoms with E-state index in [1.54, 1.807) is 42.1 Å². The van der Waals surface area contributed by atoms with Gasteiger partial charge >= 0.3 is 5.97 Å². The van der Waals surface area contributed by atoms with Crippen LogP contribution in [-0.4, -0.2) is 50.1 Å². The van der Waals surface area contributed by atoms with Gasteiger partial charge in [0.2, 0.25) is 0 Å². The Morgan fingerprint density at radius 2 is 2.11 bits per heavy atom. The van der Waals surface area contributed by atoms with Crippen molar-refractivity contribution in [2.45, 2.75) is 39.3 Å². The fourth-order valence-corrected chi connectivity index (χ4v) is 4.38. The number of esters is 1. The van der Waals surface area contributed by atoms with Crippen molar-refractivity contribution in [3.05, 3.63) is 81.5 Å². The van der Waals surface area contributed by atoms with Crippen molar-refractivity contribution >= 4 is 28.6 Å². The van der Waals surface area contributed by atoms with Gasteiger partial charge < -0.3 is 14.0 Å². The fourth-order valence-electron chi connectivity index (χ4n) is 4.38. The molecule has 0 spiro atoms. The molecule has 1 fully saturated rings. The average Bonchev–Trinajstić information content (AvgIpc) is 3.40. The maximum Gasteiger partial charge on any atom is 0.341 e. The van der Waals surface area contributed by atoms with Gasteiger partial charge in [-0.3, -0.25) is 19.0 Å². The van der Waals surface area contributed by atoms with Crippen LogP contribution in [-0.2, 0) is 16.0 Å². The number of nitrogens with zero attached hydrogens (tertiary/aromatic N) is 5. The molecule has 1 saturated heterocycles. The minimum absolute atomic E-state index is 0.00564. The summed E-state index contributed by atoms with van der Waals surface area (Å²) < 4.78 is 14.2.